The molecule has 2 atom stereocenters. The minimum Gasteiger partial charge on any atom is -0.481 e. The van der Waals surface area contributed by atoms with Gasteiger partial charge in [0.1, 0.15) is 0 Å². The van der Waals surface area contributed by atoms with Gasteiger partial charge in [-0.25, -0.2) is 0 Å². The number of carbonyl (C=O) groups is 1. The lowest BCUT2D eigenvalue weighted by Gasteiger charge is -2.12. The van der Waals surface area contributed by atoms with Gasteiger partial charge in [0.2, 0.25) is 0 Å². The summed E-state index contributed by atoms with van der Waals surface area (Å²) in [4.78, 5) is 10.2. The molecule has 0 amide bonds. The third kappa shape index (κ3) is 5.71. The minimum absolute atomic E-state index is 0.201. The molecule has 5 nitrogen and oxygen atoms in total. The quantitative estimate of drug-likeness (QED) is 0.522. The molecule has 1 heterocycles. The van der Waals surface area contributed by atoms with Crippen LogP contribution in [-0.2, 0) is 9.53 Å². The van der Waals surface area contributed by atoms with Gasteiger partial charge in [0.25, 0.3) is 0 Å². The average molecular weight is 217 g/mol. The molecule has 0 bridgehead atoms. The van der Waals surface area contributed by atoms with Gasteiger partial charge in [0.05, 0.1) is 18.6 Å². The first-order valence-electron chi connectivity index (χ1n) is 5.40. The van der Waals surface area contributed by atoms with Gasteiger partial charge >= 0.3 is 5.97 Å². The van der Waals surface area contributed by atoms with Crippen molar-refractivity contribution in [1.82, 2.24) is 5.32 Å². The predicted molar refractivity (Wildman–Crippen MR) is 54.7 cm³/mol. The van der Waals surface area contributed by atoms with Crippen molar-refractivity contribution in [3.05, 3.63) is 0 Å². The minimum atomic E-state index is -0.969. The van der Waals surface area contributed by atoms with E-state index < -0.39 is 12.1 Å². The van der Waals surface area contributed by atoms with Crippen molar-refractivity contribution >= 4 is 5.97 Å². The summed E-state index contributed by atoms with van der Waals surface area (Å²) < 4.78 is 5.43. The van der Waals surface area contributed by atoms with Gasteiger partial charge < -0.3 is 20.3 Å². The van der Waals surface area contributed by atoms with E-state index in [-0.39, 0.29) is 6.42 Å². The summed E-state index contributed by atoms with van der Waals surface area (Å²) in [5, 5.41) is 20.7. The third-order valence-electron chi connectivity index (χ3n) is 2.46. The van der Waals surface area contributed by atoms with Crippen molar-refractivity contribution in [2.24, 2.45) is 0 Å². The Morgan fingerprint density at radius 3 is 3.00 bits per heavy atom. The van der Waals surface area contributed by atoms with Crippen molar-refractivity contribution in [2.45, 2.75) is 37.9 Å². The molecule has 88 valence electrons. The first-order valence-corrected chi connectivity index (χ1v) is 5.40. The Labute approximate surface area is 89.4 Å². The molecule has 5 heteroatoms. The van der Waals surface area contributed by atoms with Crippen molar-refractivity contribution in [1.29, 1.82) is 0 Å². The number of carboxylic acid groups (broad SMARTS) is 1. The second-order valence-electron chi connectivity index (χ2n) is 3.88. The maximum atomic E-state index is 10.2. The zero-order valence-corrected chi connectivity index (χ0v) is 8.82. The molecule has 15 heavy (non-hydrogen) atoms. The number of hydrogen-bond acceptors (Lipinski definition) is 4. The van der Waals surface area contributed by atoms with Crippen LogP contribution in [0.2, 0.25) is 0 Å². The Kier molecular flexibility index (Phi) is 5.60. The van der Waals surface area contributed by atoms with Gasteiger partial charge in [-0.3, -0.25) is 4.79 Å². The molecular formula is C10H19NO4. The molecular weight excluding hydrogens is 198 g/mol. The van der Waals surface area contributed by atoms with E-state index in [0.717, 1.165) is 32.4 Å². The van der Waals surface area contributed by atoms with Crippen LogP contribution in [0.15, 0.2) is 0 Å². The fourth-order valence-corrected chi connectivity index (χ4v) is 1.68. The number of ether oxygens (including phenoxy) is 1. The van der Waals surface area contributed by atoms with E-state index in [4.69, 9.17) is 9.84 Å². The molecule has 0 radical (unpaired) electrons. The number of rotatable bonds is 7. The first-order chi connectivity index (χ1) is 7.18. The maximum absolute atomic E-state index is 10.2. The van der Waals surface area contributed by atoms with Crippen LogP contribution in [0.3, 0.4) is 0 Å². The van der Waals surface area contributed by atoms with Gasteiger partial charge in [-0.05, 0) is 25.8 Å². The van der Waals surface area contributed by atoms with Gasteiger partial charge in [-0.2, -0.15) is 0 Å². The van der Waals surface area contributed by atoms with E-state index in [2.05, 4.69) is 5.32 Å². The fraction of sp³-hybridized carbons (Fsp3) is 0.900. The van der Waals surface area contributed by atoms with E-state index in [1.54, 1.807) is 0 Å². The smallest absolute Gasteiger partial charge is 0.306 e. The molecule has 2 unspecified atom stereocenters. The second kappa shape index (κ2) is 6.76. The van der Waals surface area contributed by atoms with E-state index in [1.807, 2.05) is 0 Å². The summed E-state index contributed by atoms with van der Waals surface area (Å²) in [6.07, 6.45) is 2.51. The number of aliphatic hydroxyl groups excluding tert-OH is 1. The van der Waals surface area contributed by atoms with Crippen molar-refractivity contribution < 1.29 is 19.7 Å². The Morgan fingerprint density at radius 2 is 2.40 bits per heavy atom. The van der Waals surface area contributed by atoms with Gasteiger partial charge in [-0.1, -0.05) is 0 Å². The largest absolute Gasteiger partial charge is 0.481 e. The van der Waals surface area contributed by atoms with Crippen LogP contribution in [0.1, 0.15) is 25.7 Å². The summed E-state index contributed by atoms with van der Waals surface area (Å²) >= 11 is 0. The maximum Gasteiger partial charge on any atom is 0.306 e. The number of nitrogens with one attached hydrogen (secondary N) is 1. The Morgan fingerprint density at radius 1 is 1.60 bits per heavy atom. The highest BCUT2D eigenvalue weighted by Gasteiger charge is 2.15. The van der Waals surface area contributed by atoms with Crippen LogP contribution in [0.5, 0.6) is 0 Å². The van der Waals surface area contributed by atoms with Crippen LogP contribution in [0.4, 0.5) is 0 Å². The zero-order chi connectivity index (χ0) is 11.1. The standard InChI is InChI=1S/C10H19NO4/c12-8(6-10(13)14)7-11-4-3-9-2-1-5-15-9/h8-9,11-12H,1-7H2,(H,13,14). The molecule has 1 rings (SSSR count). The normalized spacial score (nSPS) is 22.9. The zero-order valence-electron chi connectivity index (χ0n) is 8.82. The lowest BCUT2D eigenvalue weighted by atomic mass is 10.2. The van der Waals surface area contributed by atoms with E-state index in [1.165, 1.54) is 0 Å². The molecule has 0 saturated carbocycles. The van der Waals surface area contributed by atoms with Crippen molar-refractivity contribution in [3.63, 3.8) is 0 Å². The topological polar surface area (TPSA) is 78.8 Å². The predicted octanol–water partition coefficient (Wildman–Crippen LogP) is -0.0193. The van der Waals surface area contributed by atoms with Gasteiger partial charge in [-0.15, -0.1) is 0 Å². The molecule has 0 spiro atoms. The summed E-state index contributed by atoms with van der Waals surface area (Å²) in [5.41, 5.74) is 0. The number of hydrogen-bond donors (Lipinski definition) is 3. The van der Waals surface area contributed by atoms with Gasteiger partial charge in [0, 0.05) is 13.2 Å². The summed E-state index contributed by atoms with van der Waals surface area (Å²) in [6, 6.07) is 0. The molecule has 1 aliphatic rings. The highest BCUT2D eigenvalue weighted by molar-refractivity contribution is 5.67. The molecule has 1 saturated heterocycles. The summed E-state index contributed by atoms with van der Waals surface area (Å²) in [6.45, 7) is 1.95. The Hall–Kier alpha value is -0.650. The van der Waals surface area contributed by atoms with E-state index in [0.29, 0.717) is 12.6 Å². The average Bonchev–Trinajstić information content (AvgIpc) is 2.63. The molecule has 3 N–H and O–H groups in total. The van der Waals surface area contributed by atoms with Crippen LogP contribution < -0.4 is 5.32 Å². The first kappa shape index (κ1) is 12.4. The monoisotopic (exact) mass is 217 g/mol. The highest BCUT2D eigenvalue weighted by atomic mass is 16.5. The lowest BCUT2D eigenvalue weighted by molar-refractivity contribution is -0.139. The fourth-order valence-electron chi connectivity index (χ4n) is 1.68. The van der Waals surface area contributed by atoms with Crippen LogP contribution in [0, 0.1) is 0 Å². The number of carboxylic acids is 1. The summed E-state index contributed by atoms with van der Waals surface area (Å²) in [7, 11) is 0. The van der Waals surface area contributed by atoms with Crippen molar-refractivity contribution in [3.8, 4) is 0 Å². The Bertz CT molecular complexity index is 192. The van der Waals surface area contributed by atoms with Crippen LogP contribution in [0.25, 0.3) is 0 Å². The molecule has 0 aromatic carbocycles. The van der Waals surface area contributed by atoms with Crippen molar-refractivity contribution in [2.75, 3.05) is 19.7 Å². The van der Waals surface area contributed by atoms with Crippen LogP contribution >= 0.6 is 0 Å². The Balaban J connectivity index is 1.93. The molecule has 0 aromatic rings. The molecule has 0 aromatic heterocycles. The van der Waals surface area contributed by atoms with E-state index >= 15 is 0 Å². The molecule has 0 aliphatic carbocycles. The van der Waals surface area contributed by atoms with E-state index in [9.17, 15) is 9.90 Å². The summed E-state index contributed by atoms with van der Waals surface area (Å²) in [5.74, 6) is -0.969. The third-order valence-corrected chi connectivity index (χ3v) is 2.46. The number of aliphatic carboxylic acids is 1. The molecule has 1 fully saturated rings. The van der Waals surface area contributed by atoms with Crippen LogP contribution in [-0.4, -0.2) is 48.1 Å². The lowest BCUT2D eigenvalue weighted by Crippen LogP contribution is -2.30. The number of aliphatic hydroxyl groups is 1. The highest BCUT2D eigenvalue weighted by Crippen LogP contribution is 2.14. The van der Waals surface area contributed by atoms with Gasteiger partial charge in [0.15, 0.2) is 0 Å². The second-order valence-corrected chi connectivity index (χ2v) is 3.88. The SMILES string of the molecule is O=C(O)CC(O)CNCCC1CCCO1. The molecule has 1 aliphatic heterocycles.